The van der Waals surface area contributed by atoms with Crippen molar-refractivity contribution in [3.05, 3.63) is 82.4 Å². The molecule has 0 unspecified atom stereocenters. The van der Waals surface area contributed by atoms with Gasteiger partial charge >= 0.3 is 0 Å². The van der Waals surface area contributed by atoms with Crippen LogP contribution in [0.5, 0.6) is 0 Å². The molecule has 0 saturated carbocycles. The zero-order valence-corrected chi connectivity index (χ0v) is 14.7. The zero-order chi connectivity index (χ0) is 16.6. The summed E-state index contributed by atoms with van der Waals surface area (Å²) in [5.41, 5.74) is 8.11. The normalized spacial score (nSPS) is 12.1. The molecule has 23 heavy (non-hydrogen) atoms. The Kier molecular flexibility index (Phi) is 3.93. The molecule has 3 aromatic rings. The van der Waals surface area contributed by atoms with Crippen LogP contribution in [0.2, 0.25) is 0 Å². The topological polar surface area (TPSA) is 31.6 Å². The van der Waals surface area contributed by atoms with E-state index in [0.29, 0.717) is 0 Å². The predicted molar refractivity (Wildman–Crippen MR) is 97.1 cm³/mol. The van der Waals surface area contributed by atoms with Crippen molar-refractivity contribution in [1.82, 2.24) is 9.97 Å². The number of benzene rings is 1. The third kappa shape index (κ3) is 2.98. The summed E-state index contributed by atoms with van der Waals surface area (Å²) in [5, 5.41) is 0. The van der Waals surface area contributed by atoms with Gasteiger partial charge in [-0.3, -0.25) is 0 Å². The molecule has 0 bridgehead atoms. The van der Waals surface area contributed by atoms with Gasteiger partial charge in [0.2, 0.25) is 0 Å². The van der Waals surface area contributed by atoms with Gasteiger partial charge < -0.3 is 9.97 Å². The Morgan fingerprint density at radius 3 is 1.65 bits per heavy atom. The number of rotatable bonds is 3. The summed E-state index contributed by atoms with van der Waals surface area (Å²) in [5.74, 6) is 0.217. The number of aromatic amines is 2. The van der Waals surface area contributed by atoms with Crippen molar-refractivity contribution >= 4 is 0 Å². The van der Waals surface area contributed by atoms with Gasteiger partial charge in [-0.25, -0.2) is 0 Å². The van der Waals surface area contributed by atoms with E-state index in [-0.39, 0.29) is 11.3 Å². The van der Waals surface area contributed by atoms with Gasteiger partial charge in [-0.05, 0) is 65.8 Å². The smallest absolute Gasteiger partial charge is 0.0646 e. The van der Waals surface area contributed by atoms with Crippen molar-refractivity contribution in [2.24, 2.45) is 0 Å². The molecule has 2 heterocycles. The predicted octanol–water partition coefficient (Wildman–Crippen LogP) is 5.44. The summed E-state index contributed by atoms with van der Waals surface area (Å²) in [4.78, 5) is 6.81. The first-order valence-corrected chi connectivity index (χ1v) is 8.26. The van der Waals surface area contributed by atoms with Gasteiger partial charge in [-0.1, -0.05) is 32.9 Å². The summed E-state index contributed by atoms with van der Waals surface area (Å²) >= 11 is 0. The molecule has 1 aromatic carbocycles. The Hall–Kier alpha value is -2.22. The molecule has 0 aliphatic heterocycles. The minimum absolute atomic E-state index is 0.169. The van der Waals surface area contributed by atoms with Crippen LogP contribution in [0.3, 0.4) is 0 Å². The third-order valence-electron chi connectivity index (χ3n) is 4.61. The van der Waals surface area contributed by atoms with Crippen molar-refractivity contribution in [3.8, 4) is 0 Å². The fourth-order valence-corrected chi connectivity index (χ4v) is 3.39. The van der Waals surface area contributed by atoms with Gasteiger partial charge in [0.25, 0.3) is 0 Å². The summed E-state index contributed by atoms with van der Waals surface area (Å²) in [6.45, 7) is 11.3. The maximum absolute atomic E-state index is 3.40. The van der Waals surface area contributed by atoms with E-state index < -0.39 is 0 Å². The molecule has 0 fully saturated rings. The van der Waals surface area contributed by atoms with Crippen LogP contribution < -0.4 is 0 Å². The van der Waals surface area contributed by atoms with E-state index in [1.165, 1.54) is 33.6 Å². The number of aromatic nitrogens is 2. The van der Waals surface area contributed by atoms with Gasteiger partial charge in [-0.2, -0.15) is 0 Å². The van der Waals surface area contributed by atoms with Crippen LogP contribution in [-0.2, 0) is 5.41 Å². The fraction of sp³-hybridized carbons (Fsp3) is 0.333. The Bertz CT molecular complexity index is 715. The SMILES string of the molecule is Cc1cc(C(C)(C)C)cc(C)c1C(c1ccc[nH]1)c1ccc[nH]1. The van der Waals surface area contributed by atoms with E-state index in [9.17, 15) is 0 Å². The van der Waals surface area contributed by atoms with Crippen molar-refractivity contribution < 1.29 is 0 Å². The lowest BCUT2D eigenvalue weighted by Crippen LogP contribution is -2.14. The number of aryl methyl sites for hydroxylation is 2. The molecule has 2 N–H and O–H groups in total. The van der Waals surface area contributed by atoms with Crippen LogP contribution in [-0.4, -0.2) is 9.97 Å². The average molecular weight is 306 g/mol. The van der Waals surface area contributed by atoms with Crippen molar-refractivity contribution in [1.29, 1.82) is 0 Å². The third-order valence-corrected chi connectivity index (χ3v) is 4.61. The quantitative estimate of drug-likeness (QED) is 0.646. The number of nitrogens with one attached hydrogen (secondary N) is 2. The second-order valence-electron chi connectivity index (χ2n) is 7.46. The molecular formula is C21H26N2. The molecule has 0 atom stereocenters. The van der Waals surface area contributed by atoms with E-state index in [4.69, 9.17) is 0 Å². The van der Waals surface area contributed by atoms with Crippen molar-refractivity contribution in [2.45, 2.75) is 46.0 Å². The van der Waals surface area contributed by atoms with Gasteiger partial charge in [0.05, 0.1) is 5.92 Å². The molecule has 0 amide bonds. The summed E-state index contributed by atoms with van der Waals surface area (Å²) in [6.07, 6.45) is 4.00. The Labute approximate surface area is 139 Å². The van der Waals surface area contributed by atoms with E-state index in [0.717, 1.165) is 0 Å². The molecular weight excluding hydrogens is 280 g/mol. The highest BCUT2D eigenvalue weighted by Gasteiger charge is 2.24. The van der Waals surface area contributed by atoms with Crippen molar-refractivity contribution in [2.75, 3.05) is 0 Å². The van der Waals surface area contributed by atoms with Gasteiger partial charge in [0, 0.05) is 23.8 Å². The molecule has 0 spiro atoms. The van der Waals surface area contributed by atoms with Gasteiger partial charge in [0.1, 0.15) is 0 Å². The first kappa shape index (κ1) is 15.7. The highest BCUT2D eigenvalue weighted by atomic mass is 14.7. The van der Waals surface area contributed by atoms with Crippen LogP contribution in [0, 0.1) is 13.8 Å². The Balaban J connectivity index is 2.18. The van der Waals surface area contributed by atoms with Crippen LogP contribution in [0.25, 0.3) is 0 Å². The minimum Gasteiger partial charge on any atom is -0.364 e. The molecule has 3 rings (SSSR count). The molecule has 120 valence electrons. The first-order valence-electron chi connectivity index (χ1n) is 8.26. The average Bonchev–Trinajstić information content (AvgIpc) is 3.15. The number of hydrogen-bond acceptors (Lipinski definition) is 0. The van der Waals surface area contributed by atoms with Crippen LogP contribution >= 0.6 is 0 Å². The zero-order valence-electron chi connectivity index (χ0n) is 14.7. The molecule has 2 heteroatoms. The highest BCUT2D eigenvalue weighted by molar-refractivity contribution is 5.49. The standard InChI is InChI=1S/C21H26N2/c1-14-12-16(21(3,4)5)13-15(2)19(14)20(17-8-6-10-22-17)18-9-7-11-23-18/h6-13,20,22-23H,1-5H3. The van der Waals surface area contributed by atoms with Crippen LogP contribution in [0.15, 0.2) is 48.8 Å². The Morgan fingerprint density at radius 2 is 1.30 bits per heavy atom. The minimum atomic E-state index is 0.169. The molecule has 0 aliphatic rings. The summed E-state index contributed by atoms with van der Waals surface area (Å²) in [6, 6.07) is 13.2. The second-order valence-corrected chi connectivity index (χ2v) is 7.46. The van der Waals surface area contributed by atoms with Gasteiger partial charge in [0.15, 0.2) is 0 Å². The molecule has 2 aromatic heterocycles. The molecule has 0 radical (unpaired) electrons. The van der Waals surface area contributed by atoms with Crippen LogP contribution in [0.1, 0.15) is 60.3 Å². The van der Waals surface area contributed by atoms with E-state index >= 15 is 0 Å². The summed E-state index contributed by atoms with van der Waals surface area (Å²) < 4.78 is 0. The van der Waals surface area contributed by atoms with Crippen molar-refractivity contribution in [3.63, 3.8) is 0 Å². The fourth-order valence-electron chi connectivity index (χ4n) is 3.39. The Morgan fingerprint density at radius 1 is 0.826 bits per heavy atom. The van der Waals surface area contributed by atoms with E-state index in [1.54, 1.807) is 0 Å². The van der Waals surface area contributed by atoms with E-state index in [2.05, 4.69) is 81.0 Å². The largest absolute Gasteiger partial charge is 0.364 e. The second kappa shape index (κ2) is 5.77. The maximum atomic E-state index is 3.40. The number of hydrogen-bond donors (Lipinski definition) is 2. The monoisotopic (exact) mass is 306 g/mol. The molecule has 2 nitrogen and oxygen atoms in total. The molecule has 0 saturated heterocycles. The van der Waals surface area contributed by atoms with E-state index in [1.807, 2.05) is 12.4 Å². The number of H-pyrrole nitrogens is 2. The highest BCUT2D eigenvalue weighted by Crippen LogP contribution is 2.36. The summed E-state index contributed by atoms with van der Waals surface area (Å²) in [7, 11) is 0. The van der Waals surface area contributed by atoms with Crippen LogP contribution in [0.4, 0.5) is 0 Å². The first-order chi connectivity index (χ1) is 10.9. The lowest BCUT2D eigenvalue weighted by Gasteiger charge is -2.25. The lowest BCUT2D eigenvalue weighted by molar-refractivity contribution is 0.588. The maximum Gasteiger partial charge on any atom is 0.0646 e. The molecule has 0 aliphatic carbocycles. The lowest BCUT2D eigenvalue weighted by atomic mass is 9.80. The van der Waals surface area contributed by atoms with Gasteiger partial charge in [-0.15, -0.1) is 0 Å².